The number of rotatable bonds is 7. The summed E-state index contributed by atoms with van der Waals surface area (Å²) in [7, 11) is 1.66. The molecule has 3 nitrogen and oxygen atoms in total. The summed E-state index contributed by atoms with van der Waals surface area (Å²) < 4.78 is 11.3. The molecule has 1 atom stereocenters. The highest BCUT2D eigenvalue weighted by molar-refractivity contribution is 9.10. The first-order valence-electron chi connectivity index (χ1n) is 4.79. The van der Waals surface area contributed by atoms with Crippen molar-refractivity contribution in [2.45, 2.75) is 12.5 Å². The van der Waals surface area contributed by atoms with Gasteiger partial charge in [0.05, 0.1) is 13.2 Å². The predicted octanol–water partition coefficient (Wildman–Crippen LogP) is 2.56. The normalized spacial score (nSPS) is 13.0. The van der Waals surface area contributed by atoms with E-state index in [2.05, 4.69) is 21.3 Å². The molecule has 0 fully saturated rings. The van der Waals surface area contributed by atoms with E-state index in [0.717, 1.165) is 16.5 Å². The van der Waals surface area contributed by atoms with Crippen molar-refractivity contribution in [3.8, 4) is 0 Å². The van der Waals surface area contributed by atoms with E-state index in [-0.39, 0.29) is 6.04 Å². The maximum Gasteiger partial charge on any atom is 0.0700 e. The Balaban J connectivity index is 2.19. The number of halogens is 1. The molecule has 1 heterocycles. The highest BCUT2D eigenvalue weighted by atomic mass is 79.9. The lowest BCUT2D eigenvalue weighted by Crippen LogP contribution is -2.14. The fourth-order valence-corrected chi connectivity index (χ4v) is 2.82. The highest BCUT2D eigenvalue weighted by Crippen LogP contribution is 2.27. The molecule has 0 bridgehead atoms. The lowest BCUT2D eigenvalue weighted by atomic mass is 10.1. The molecule has 0 amide bonds. The highest BCUT2D eigenvalue weighted by Gasteiger charge is 2.10. The van der Waals surface area contributed by atoms with E-state index in [1.807, 2.05) is 5.38 Å². The van der Waals surface area contributed by atoms with Gasteiger partial charge in [0, 0.05) is 29.6 Å². The van der Waals surface area contributed by atoms with Crippen LogP contribution in [-0.2, 0) is 9.47 Å². The number of nitrogens with two attached hydrogens (primary N) is 1. The summed E-state index contributed by atoms with van der Waals surface area (Å²) in [6.45, 7) is 1.94. The van der Waals surface area contributed by atoms with Gasteiger partial charge in [0.1, 0.15) is 0 Å². The van der Waals surface area contributed by atoms with Crippen molar-refractivity contribution in [3.63, 3.8) is 0 Å². The molecule has 0 aliphatic rings. The Labute approximate surface area is 103 Å². The fourth-order valence-electron chi connectivity index (χ4n) is 1.17. The average Bonchev–Trinajstić information content (AvgIpc) is 2.64. The van der Waals surface area contributed by atoms with Gasteiger partial charge in [0.25, 0.3) is 0 Å². The van der Waals surface area contributed by atoms with Gasteiger partial charge in [-0.05, 0) is 33.3 Å². The van der Waals surface area contributed by atoms with Gasteiger partial charge in [-0.3, -0.25) is 0 Å². The molecule has 2 N–H and O–H groups in total. The van der Waals surface area contributed by atoms with Gasteiger partial charge in [-0.2, -0.15) is 11.3 Å². The molecule has 1 aromatic rings. The van der Waals surface area contributed by atoms with Gasteiger partial charge >= 0.3 is 0 Å². The summed E-state index contributed by atoms with van der Waals surface area (Å²) in [6.07, 6.45) is 0.832. The minimum atomic E-state index is 0.0492. The molecule has 0 saturated carbocycles. The van der Waals surface area contributed by atoms with Crippen molar-refractivity contribution in [1.82, 2.24) is 0 Å². The molecule has 1 rings (SSSR count). The van der Waals surface area contributed by atoms with Crippen LogP contribution in [0.2, 0.25) is 0 Å². The van der Waals surface area contributed by atoms with Gasteiger partial charge in [0.2, 0.25) is 0 Å². The zero-order valence-corrected chi connectivity index (χ0v) is 11.1. The maximum absolute atomic E-state index is 6.02. The molecular weight excluding hydrogens is 278 g/mol. The van der Waals surface area contributed by atoms with Crippen LogP contribution < -0.4 is 5.73 Å². The van der Waals surface area contributed by atoms with Gasteiger partial charge < -0.3 is 15.2 Å². The summed E-state index contributed by atoms with van der Waals surface area (Å²) in [6, 6.07) is 0.0492. The monoisotopic (exact) mass is 293 g/mol. The lowest BCUT2D eigenvalue weighted by molar-refractivity contribution is 0.0672. The van der Waals surface area contributed by atoms with Gasteiger partial charge in [-0.25, -0.2) is 0 Å². The van der Waals surface area contributed by atoms with Crippen LogP contribution in [0.25, 0.3) is 0 Å². The van der Waals surface area contributed by atoms with Crippen LogP contribution in [0, 0.1) is 0 Å². The second kappa shape index (κ2) is 7.35. The van der Waals surface area contributed by atoms with Crippen molar-refractivity contribution >= 4 is 27.3 Å². The largest absolute Gasteiger partial charge is 0.382 e. The predicted molar refractivity (Wildman–Crippen MR) is 66.3 cm³/mol. The minimum absolute atomic E-state index is 0.0492. The minimum Gasteiger partial charge on any atom is -0.382 e. The molecular formula is C10H16BrNO2S. The molecule has 1 unspecified atom stereocenters. The maximum atomic E-state index is 6.02. The Kier molecular flexibility index (Phi) is 6.43. The lowest BCUT2D eigenvalue weighted by Gasteiger charge is -2.11. The van der Waals surface area contributed by atoms with E-state index in [1.165, 1.54) is 0 Å². The van der Waals surface area contributed by atoms with E-state index >= 15 is 0 Å². The molecule has 0 aromatic carbocycles. The van der Waals surface area contributed by atoms with Crippen LogP contribution in [0.4, 0.5) is 0 Å². The summed E-state index contributed by atoms with van der Waals surface area (Å²) in [5.74, 6) is 0. The van der Waals surface area contributed by atoms with Crippen molar-refractivity contribution in [2.24, 2.45) is 5.73 Å². The van der Waals surface area contributed by atoms with Crippen molar-refractivity contribution < 1.29 is 9.47 Å². The molecule has 0 aliphatic carbocycles. The summed E-state index contributed by atoms with van der Waals surface area (Å²) in [4.78, 5) is 0. The third-order valence-electron chi connectivity index (χ3n) is 2.05. The zero-order chi connectivity index (χ0) is 11.1. The van der Waals surface area contributed by atoms with Crippen molar-refractivity contribution in [1.29, 1.82) is 0 Å². The number of hydrogen-bond acceptors (Lipinski definition) is 4. The van der Waals surface area contributed by atoms with Crippen LogP contribution in [-0.4, -0.2) is 26.9 Å². The first-order chi connectivity index (χ1) is 7.25. The average molecular weight is 294 g/mol. The first kappa shape index (κ1) is 13.1. The Bertz CT molecular complexity index is 280. The number of methoxy groups -OCH3 is 1. The third kappa shape index (κ3) is 4.61. The summed E-state index contributed by atoms with van der Waals surface area (Å²) in [5, 5.41) is 4.12. The first-order valence-corrected chi connectivity index (χ1v) is 6.53. The van der Waals surface area contributed by atoms with E-state index in [0.29, 0.717) is 19.8 Å². The van der Waals surface area contributed by atoms with Gasteiger partial charge in [-0.1, -0.05) is 0 Å². The Hall–Kier alpha value is 0.0600. The van der Waals surface area contributed by atoms with Crippen LogP contribution in [0.1, 0.15) is 18.0 Å². The number of thiophene rings is 1. The molecule has 0 spiro atoms. The second-order valence-corrected chi connectivity index (χ2v) is 4.77. The van der Waals surface area contributed by atoms with E-state index in [1.54, 1.807) is 18.4 Å². The van der Waals surface area contributed by atoms with Crippen LogP contribution in [0.3, 0.4) is 0 Å². The summed E-state index contributed by atoms with van der Waals surface area (Å²) in [5.41, 5.74) is 7.18. The second-order valence-electron chi connectivity index (χ2n) is 3.18. The molecule has 0 aliphatic heterocycles. The topological polar surface area (TPSA) is 44.5 Å². The number of hydrogen-bond donors (Lipinski definition) is 1. The SMILES string of the molecule is COCCOCCC(N)c1cscc1Br. The Morgan fingerprint density at radius 2 is 2.20 bits per heavy atom. The number of ether oxygens (including phenoxy) is 2. The molecule has 15 heavy (non-hydrogen) atoms. The molecule has 5 heteroatoms. The smallest absolute Gasteiger partial charge is 0.0700 e. The van der Waals surface area contributed by atoms with E-state index < -0.39 is 0 Å². The quantitative estimate of drug-likeness (QED) is 0.786. The molecule has 0 radical (unpaired) electrons. The summed E-state index contributed by atoms with van der Waals surface area (Å²) >= 11 is 5.12. The standard InChI is InChI=1S/C10H16BrNO2S/c1-13-4-5-14-3-2-10(12)8-6-15-7-9(8)11/h6-7,10H,2-5,12H2,1H3. The van der Waals surface area contributed by atoms with Crippen molar-refractivity contribution in [2.75, 3.05) is 26.9 Å². The Morgan fingerprint density at radius 3 is 2.80 bits per heavy atom. The van der Waals surface area contributed by atoms with Crippen molar-refractivity contribution in [3.05, 3.63) is 20.8 Å². The molecule has 0 saturated heterocycles. The van der Waals surface area contributed by atoms with E-state index in [4.69, 9.17) is 15.2 Å². The van der Waals surface area contributed by atoms with Crippen LogP contribution in [0.15, 0.2) is 15.2 Å². The Morgan fingerprint density at radius 1 is 1.40 bits per heavy atom. The fraction of sp³-hybridized carbons (Fsp3) is 0.600. The van der Waals surface area contributed by atoms with Crippen LogP contribution in [0.5, 0.6) is 0 Å². The van der Waals surface area contributed by atoms with Gasteiger partial charge in [-0.15, -0.1) is 0 Å². The van der Waals surface area contributed by atoms with E-state index in [9.17, 15) is 0 Å². The molecule has 1 aromatic heterocycles. The third-order valence-corrected chi connectivity index (χ3v) is 3.80. The van der Waals surface area contributed by atoms with Gasteiger partial charge in [0.15, 0.2) is 0 Å². The zero-order valence-electron chi connectivity index (χ0n) is 8.74. The molecule has 86 valence electrons. The van der Waals surface area contributed by atoms with Crippen LogP contribution >= 0.6 is 27.3 Å².